The maximum Gasteiger partial charge on any atom is 0.358 e. The lowest BCUT2D eigenvalue weighted by molar-refractivity contribution is 0.0691. The molecule has 2 rings (SSSR count). The number of carboxylic acids is 1. The molecule has 20 heavy (non-hydrogen) atoms. The van der Waals surface area contributed by atoms with Crippen LogP contribution in [0.15, 0.2) is 0 Å². The molecule has 0 aliphatic heterocycles. The zero-order valence-corrected chi connectivity index (χ0v) is 11.8. The molecule has 0 amide bonds. The van der Waals surface area contributed by atoms with E-state index in [2.05, 4.69) is 15.4 Å². The minimum absolute atomic E-state index is 0.134. The Bertz CT molecular complexity index is 656. The molecule has 2 heterocycles. The molecule has 8 heteroatoms. The molecule has 0 aromatic carbocycles. The molecule has 0 bridgehead atoms. The first-order valence-electron chi connectivity index (χ1n) is 6.18. The molecule has 2 N–H and O–H groups in total. The molecule has 0 saturated carbocycles. The maximum atomic E-state index is 11.3. The van der Waals surface area contributed by atoms with E-state index in [-0.39, 0.29) is 12.2 Å². The molecule has 0 spiro atoms. The summed E-state index contributed by atoms with van der Waals surface area (Å²) in [6.07, 6.45) is -0.658. The summed E-state index contributed by atoms with van der Waals surface area (Å²) in [5.41, 5.74) is 2.45. The van der Waals surface area contributed by atoms with Crippen LogP contribution < -0.4 is 0 Å². The minimum atomic E-state index is -1.15. The molecule has 0 saturated heterocycles. The van der Waals surface area contributed by atoms with Gasteiger partial charge < -0.3 is 10.2 Å². The van der Waals surface area contributed by atoms with Gasteiger partial charge in [0.05, 0.1) is 18.3 Å². The van der Waals surface area contributed by atoms with Gasteiger partial charge in [0.15, 0.2) is 5.69 Å². The number of rotatable bonds is 4. The highest BCUT2D eigenvalue weighted by atomic mass is 16.4. The van der Waals surface area contributed by atoms with Crippen molar-refractivity contribution in [3.05, 3.63) is 17.1 Å². The van der Waals surface area contributed by atoms with Gasteiger partial charge in [0.1, 0.15) is 5.69 Å². The van der Waals surface area contributed by atoms with Gasteiger partial charge in [0.25, 0.3) is 0 Å². The third-order valence-corrected chi connectivity index (χ3v) is 3.12. The standard InChI is InChI=1S/C12H17N5O3/c1-6(18)5-17-11(10(12(19)20)13-15-17)9-7(2)14-16(4)8(9)3/h6,18H,5H2,1-4H3,(H,19,20). The molecule has 108 valence electrons. The quantitative estimate of drug-likeness (QED) is 0.837. The summed E-state index contributed by atoms with van der Waals surface area (Å²) >= 11 is 0. The van der Waals surface area contributed by atoms with Crippen molar-refractivity contribution in [2.45, 2.75) is 33.4 Å². The topological polar surface area (TPSA) is 106 Å². The first-order chi connectivity index (χ1) is 9.32. The smallest absolute Gasteiger partial charge is 0.358 e. The van der Waals surface area contributed by atoms with Crippen molar-refractivity contribution in [2.75, 3.05) is 0 Å². The number of carboxylic acid groups (broad SMARTS) is 1. The third kappa shape index (κ3) is 2.29. The van der Waals surface area contributed by atoms with Crippen LogP contribution in [0.4, 0.5) is 0 Å². The van der Waals surface area contributed by atoms with Crippen molar-refractivity contribution in [1.29, 1.82) is 0 Å². The molecule has 2 aromatic rings. The Morgan fingerprint density at radius 1 is 1.40 bits per heavy atom. The highest BCUT2D eigenvalue weighted by molar-refractivity contribution is 5.93. The number of aromatic carboxylic acids is 1. The summed E-state index contributed by atoms with van der Waals surface area (Å²) in [5, 5.41) is 30.6. The molecule has 1 unspecified atom stereocenters. The van der Waals surface area contributed by atoms with E-state index >= 15 is 0 Å². The van der Waals surface area contributed by atoms with Crippen molar-refractivity contribution in [3.63, 3.8) is 0 Å². The van der Waals surface area contributed by atoms with Gasteiger partial charge in [-0.15, -0.1) is 5.10 Å². The van der Waals surface area contributed by atoms with Crippen LogP contribution in [0.3, 0.4) is 0 Å². The third-order valence-electron chi connectivity index (χ3n) is 3.12. The zero-order chi connectivity index (χ0) is 15.0. The number of aromatic nitrogens is 5. The van der Waals surface area contributed by atoms with Crippen LogP contribution in [0.5, 0.6) is 0 Å². The molecule has 1 atom stereocenters. The maximum absolute atomic E-state index is 11.3. The number of hydrogen-bond donors (Lipinski definition) is 2. The Morgan fingerprint density at radius 2 is 2.05 bits per heavy atom. The summed E-state index contributed by atoms with van der Waals surface area (Å²) in [5.74, 6) is -1.15. The van der Waals surface area contributed by atoms with E-state index in [1.54, 1.807) is 25.6 Å². The van der Waals surface area contributed by atoms with Crippen molar-refractivity contribution >= 4 is 5.97 Å². The molecule has 2 aromatic heterocycles. The Hall–Kier alpha value is -2.22. The molecule has 0 radical (unpaired) electrons. The fraction of sp³-hybridized carbons (Fsp3) is 0.500. The largest absolute Gasteiger partial charge is 0.476 e. The van der Waals surface area contributed by atoms with Crippen LogP contribution in [0.25, 0.3) is 11.3 Å². The summed E-state index contributed by atoms with van der Waals surface area (Å²) < 4.78 is 3.08. The zero-order valence-electron chi connectivity index (χ0n) is 11.8. The SMILES string of the molecule is Cc1nn(C)c(C)c1-c1c(C(=O)O)nnn1CC(C)O. The van der Waals surface area contributed by atoms with E-state index in [1.807, 2.05) is 6.92 Å². The highest BCUT2D eigenvalue weighted by Crippen LogP contribution is 2.28. The van der Waals surface area contributed by atoms with Gasteiger partial charge in [-0.05, 0) is 20.8 Å². The number of hydrogen-bond acceptors (Lipinski definition) is 5. The summed E-state index contributed by atoms with van der Waals surface area (Å²) in [6.45, 7) is 5.42. The van der Waals surface area contributed by atoms with Crippen molar-refractivity contribution in [3.8, 4) is 11.3 Å². The summed E-state index contributed by atoms with van der Waals surface area (Å²) in [7, 11) is 1.79. The second-order valence-electron chi connectivity index (χ2n) is 4.79. The lowest BCUT2D eigenvalue weighted by Gasteiger charge is -2.09. The molecule has 8 nitrogen and oxygen atoms in total. The molecule has 0 fully saturated rings. The first-order valence-corrected chi connectivity index (χ1v) is 6.18. The molecular weight excluding hydrogens is 262 g/mol. The number of aliphatic hydroxyl groups is 1. The fourth-order valence-corrected chi connectivity index (χ4v) is 2.20. The van der Waals surface area contributed by atoms with Crippen molar-refractivity contribution < 1.29 is 15.0 Å². The van der Waals surface area contributed by atoms with E-state index in [4.69, 9.17) is 0 Å². The summed E-state index contributed by atoms with van der Waals surface area (Å²) in [4.78, 5) is 11.3. The lowest BCUT2D eigenvalue weighted by atomic mass is 10.1. The Kier molecular flexibility index (Phi) is 3.58. The number of aryl methyl sites for hydroxylation is 2. The van der Waals surface area contributed by atoms with E-state index in [0.29, 0.717) is 17.0 Å². The van der Waals surface area contributed by atoms with E-state index < -0.39 is 12.1 Å². The average molecular weight is 279 g/mol. The van der Waals surface area contributed by atoms with Crippen LogP contribution in [-0.4, -0.2) is 47.1 Å². The van der Waals surface area contributed by atoms with Crippen LogP contribution in [0, 0.1) is 13.8 Å². The molecule has 0 aliphatic rings. The van der Waals surface area contributed by atoms with Gasteiger partial charge in [-0.3, -0.25) is 4.68 Å². The summed E-state index contributed by atoms with van der Waals surface area (Å²) in [6, 6.07) is 0. The Balaban J connectivity index is 2.69. The molecule has 0 aliphatic carbocycles. The Morgan fingerprint density at radius 3 is 2.50 bits per heavy atom. The van der Waals surface area contributed by atoms with E-state index in [0.717, 1.165) is 5.69 Å². The van der Waals surface area contributed by atoms with Crippen LogP contribution in [0.2, 0.25) is 0 Å². The number of nitrogens with zero attached hydrogens (tertiary/aromatic N) is 5. The van der Waals surface area contributed by atoms with Gasteiger partial charge >= 0.3 is 5.97 Å². The van der Waals surface area contributed by atoms with Gasteiger partial charge in [-0.25, -0.2) is 9.48 Å². The fourth-order valence-electron chi connectivity index (χ4n) is 2.20. The van der Waals surface area contributed by atoms with Gasteiger partial charge in [-0.1, -0.05) is 5.21 Å². The number of carbonyl (C=O) groups is 1. The van der Waals surface area contributed by atoms with Crippen molar-refractivity contribution in [1.82, 2.24) is 24.8 Å². The van der Waals surface area contributed by atoms with E-state index in [1.165, 1.54) is 4.68 Å². The monoisotopic (exact) mass is 279 g/mol. The van der Waals surface area contributed by atoms with Gasteiger partial charge in [-0.2, -0.15) is 5.10 Å². The Labute approximate surface area is 115 Å². The average Bonchev–Trinajstić information content (AvgIpc) is 2.81. The second-order valence-corrected chi connectivity index (χ2v) is 4.79. The van der Waals surface area contributed by atoms with Crippen LogP contribution in [-0.2, 0) is 13.6 Å². The van der Waals surface area contributed by atoms with E-state index in [9.17, 15) is 15.0 Å². The second kappa shape index (κ2) is 5.04. The first kappa shape index (κ1) is 14.2. The lowest BCUT2D eigenvalue weighted by Crippen LogP contribution is -2.15. The minimum Gasteiger partial charge on any atom is -0.476 e. The van der Waals surface area contributed by atoms with Crippen molar-refractivity contribution in [2.24, 2.45) is 7.05 Å². The number of aliphatic hydroxyl groups excluding tert-OH is 1. The van der Waals surface area contributed by atoms with Crippen LogP contribution >= 0.6 is 0 Å². The van der Waals surface area contributed by atoms with Gasteiger partial charge in [0, 0.05) is 18.3 Å². The van der Waals surface area contributed by atoms with Crippen LogP contribution in [0.1, 0.15) is 28.8 Å². The highest BCUT2D eigenvalue weighted by Gasteiger charge is 2.25. The van der Waals surface area contributed by atoms with Gasteiger partial charge in [0.2, 0.25) is 0 Å². The molecular formula is C12H17N5O3. The predicted octanol–water partition coefficient (Wildman–Crippen LogP) is 0.374. The predicted molar refractivity (Wildman–Crippen MR) is 70.3 cm³/mol. The normalized spacial score (nSPS) is 12.7.